The fourth-order valence-electron chi connectivity index (χ4n) is 2.75. The quantitative estimate of drug-likeness (QED) is 0.588. The van der Waals surface area contributed by atoms with Crippen LogP contribution >= 0.6 is 11.6 Å². The van der Waals surface area contributed by atoms with Crippen LogP contribution in [-0.4, -0.2) is 18.5 Å². The van der Waals surface area contributed by atoms with Crippen molar-refractivity contribution in [2.45, 2.75) is 6.54 Å². The van der Waals surface area contributed by atoms with E-state index in [0.717, 1.165) is 23.5 Å². The van der Waals surface area contributed by atoms with Crippen molar-refractivity contribution in [2.75, 3.05) is 13.6 Å². The highest BCUT2D eigenvalue weighted by Gasteiger charge is 2.06. The molecule has 0 N–H and O–H groups in total. The molecule has 0 spiro atoms. The first-order valence-electron chi connectivity index (χ1n) is 7.80. The first kappa shape index (κ1) is 15.8. The predicted octanol–water partition coefficient (Wildman–Crippen LogP) is 5.64. The van der Waals surface area contributed by atoms with E-state index < -0.39 is 0 Å². The van der Waals surface area contributed by atoms with Crippen molar-refractivity contribution in [1.82, 2.24) is 4.90 Å². The van der Waals surface area contributed by atoms with Crippen LogP contribution in [0.25, 0.3) is 16.8 Å². The van der Waals surface area contributed by atoms with E-state index in [2.05, 4.69) is 72.6 Å². The van der Waals surface area contributed by atoms with E-state index in [-0.39, 0.29) is 0 Å². The summed E-state index contributed by atoms with van der Waals surface area (Å²) in [5, 5.41) is 3.18. The molecular weight excluding hydrogens is 302 g/mol. The van der Waals surface area contributed by atoms with Gasteiger partial charge >= 0.3 is 0 Å². The molecule has 0 heterocycles. The number of rotatable bonds is 5. The fourth-order valence-corrected chi connectivity index (χ4v) is 2.98. The average molecular weight is 322 g/mol. The summed E-state index contributed by atoms with van der Waals surface area (Å²) in [6, 6.07) is 22.8. The summed E-state index contributed by atoms with van der Waals surface area (Å²) >= 11 is 6.29. The van der Waals surface area contributed by atoms with Crippen molar-refractivity contribution < 1.29 is 0 Å². The Kier molecular flexibility index (Phi) is 5.12. The molecule has 3 rings (SSSR count). The van der Waals surface area contributed by atoms with Crippen LogP contribution in [-0.2, 0) is 6.54 Å². The minimum atomic E-state index is 0.816. The number of benzene rings is 3. The summed E-state index contributed by atoms with van der Waals surface area (Å²) in [6.07, 6.45) is 4.36. The minimum Gasteiger partial charge on any atom is -0.298 e. The molecule has 0 aliphatic heterocycles. The number of halogens is 1. The third kappa shape index (κ3) is 4.01. The van der Waals surface area contributed by atoms with Gasteiger partial charge in [-0.25, -0.2) is 0 Å². The van der Waals surface area contributed by atoms with Gasteiger partial charge in [0.1, 0.15) is 0 Å². The SMILES string of the molecule is CN(C/C=C/c1ccccc1)Cc1ccc(Cl)c2ccccc12. The number of fused-ring (bicyclic) bond motifs is 1. The standard InChI is InChI=1S/C21H20ClN/c1-23(15-7-10-17-8-3-2-4-9-17)16-18-13-14-21(22)20-12-6-5-11-19(18)20/h2-14H,15-16H2,1H3/b10-7+. The summed E-state index contributed by atoms with van der Waals surface area (Å²) in [7, 11) is 2.14. The molecule has 116 valence electrons. The zero-order chi connectivity index (χ0) is 16.1. The van der Waals surface area contributed by atoms with E-state index in [4.69, 9.17) is 11.6 Å². The number of hydrogen-bond donors (Lipinski definition) is 0. The van der Waals surface area contributed by atoms with Gasteiger partial charge in [-0.15, -0.1) is 0 Å². The fraction of sp³-hybridized carbons (Fsp3) is 0.143. The predicted molar refractivity (Wildman–Crippen MR) is 101 cm³/mol. The summed E-state index contributed by atoms with van der Waals surface area (Å²) in [4.78, 5) is 2.30. The summed E-state index contributed by atoms with van der Waals surface area (Å²) in [6.45, 7) is 1.81. The number of likely N-dealkylation sites (N-methyl/N-ethyl adjacent to an activating group) is 1. The monoisotopic (exact) mass is 321 g/mol. The molecule has 3 aromatic rings. The first-order valence-corrected chi connectivity index (χ1v) is 8.18. The molecule has 0 bridgehead atoms. The first-order chi connectivity index (χ1) is 11.2. The molecule has 0 atom stereocenters. The maximum Gasteiger partial charge on any atom is 0.0484 e. The average Bonchev–Trinajstić information content (AvgIpc) is 2.59. The second-order valence-corrected chi connectivity index (χ2v) is 6.17. The maximum absolute atomic E-state index is 6.29. The van der Waals surface area contributed by atoms with Gasteiger partial charge < -0.3 is 0 Å². The molecule has 0 radical (unpaired) electrons. The van der Waals surface area contributed by atoms with Crippen LogP contribution in [0.15, 0.2) is 72.8 Å². The Morgan fingerprint density at radius 1 is 0.870 bits per heavy atom. The highest BCUT2D eigenvalue weighted by molar-refractivity contribution is 6.35. The molecule has 0 amide bonds. The molecule has 0 unspecified atom stereocenters. The Morgan fingerprint density at radius 2 is 1.57 bits per heavy atom. The molecule has 0 aliphatic rings. The van der Waals surface area contributed by atoms with E-state index in [0.29, 0.717) is 0 Å². The van der Waals surface area contributed by atoms with Gasteiger partial charge in [-0.05, 0) is 29.6 Å². The molecule has 0 aliphatic carbocycles. The smallest absolute Gasteiger partial charge is 0.0484 e. The van der Waals surface area contributed by atoms with Gasteiger partial charge in [0.05, 0.1) is 0 Å². The Hall–Kier alpha value is -2.09. The lowest BCUT2D eigenvalue weighted by Gasteiger charge is -2.16. The van der Waals surface area contributed by atoms with Crippen molar-refractivity contribution in [3.05, 3.63) is 89.0 Å². The Labute approximate surface area is 142 Å². The molecule has 0 fully saturated rings. The van der Waals surface area contributed by atoms with Gasteiger partial charge in [-0.3, -0.25) is 4.90 Å². The van der Waals surface area contributed by atoms with E-state index >= 15 is 0 Å². The summed E-state index contributed by atoms with van der Waals surface area (Å²) < 4.78 is 0. The number of nitrogens with zero attached hydrogens (tertiary/aromatic N) is 1. The highest BCUT2D eigenvalue weighted by atomic mass is 35.5. The van der Waals surface area contributed by atoms with Crippen molar-refractivity contribution in [2.24, 2.45) is 0 Å². The molecule has 3 aromatic carbocycles. The third-order valence-corrected chi connectivity index (χ3v) is 4.26. The van der Waals surface area contributed by atoms with Gasteiger partial charge in [0.25, 0.3) is 0 Å². The topological polar surface area (TPSA) is 3.24 Å². The molecule has 23 heavy (non-hydrogen) atoms. The van der Waals surface area contributed by atoms with Crippen molar-refractivity contribution >= 4 is 28.4 Å². The molecule has 1 nitrogen and oxygen atoms in total. The van der Waals surface area contributed by atoms with Crippen LogP contribution in [0.4, 0.5) is 0 Å². The largest absolute Gasteiger partial charge is 0.298 e. The van der Waals surface area contributed by atoms with Crippen LogP contribution in [0.3, 0.4) is 0 Å². The second kappa shape index (κ2) is 7.45. The Balaban J connectivity index is 1.70. The van der Waals surface area contributed by atoms with Crippen LogP contribution in [0.1, 0.15) is 11.1 Å². The van der Waals surface area contributed by atoms with E-state index in [1.165, 1.54) is 16.5 Å². The Morgan fingerprint density at radius 3 is 2.35 bits per heavy atom. The summed E-state index contributed by atoms with van der Waals surface area (Å²) in [5.41, 5.74) is 2.54. The zero-order valence-electron chi connectivity index (χ0n) is 13.2. The van der Waals surface area contributed by atoms with Crippen LogP contribution in [0, 0.1) is 0 Å². The number of hydrogen-bond acceptors (Lipinski definition) is 1. The lowest BCUT2D eigenvalue weighted by atomic mass is 10.0. The van der Waals surface area contributed by atoms with Gasteiger partial charge in [0, 0.05) is 23.5 Å². The molecule has 0 saturated heterocycles. The molecule has 0 aromatic heterocycles. The minimum absolute atomic E-state index is 0.816. The third-order valence-electron chi connectivity index (χ3n) is 3.93. The van der Waals surface area contributed by atoms with Crippen molar-refractivity contribution in [1.29, 1.82) is 0 Å². The van der Waals surface area contributed by atoms with E-state index in [1.54, 1.807) is 0 Å². The van der Waals surface area contributed by atoms with Gasteiger partial charge in [0.15, 0.2) is 0 Å². The van der Waals surface area contributed by atoms with Gasteiger partial charge in [-0.2, -0.15) is 0 Å². The van der Waals surface area contributed by atoms with E-state index in [9.17, 15) is 0 Å². The highest BCUT2D eigenvalue weighted by Crippen LogP contribution is 2.27. The van der Waals surface area contributed by atoms with Gasteiger partial charge in [-0.1, -0.05) is 84.4 Å². The van der Waals surface area contributed by atoms with Crippen molar-refractivity contribution in [3.63, 3.8) is 0 Å². The molecular formula is C21H20ClN. The zero-order valence-corrected chi connectivity index (χ0v) is 14.0. The summed E-state index contributed by atoms with van der Waals surface area (Å²) in [5.74, 6) is 0. The molecule has 2 heteroatoms. The Bertz CT molecular complexity index is 808. The van der Waals surface area contributed by atoms with Crippen molar-refractivity contribution in [3.8, 4) is 0 Å². The maximum atomic E-state index is 6.29. The van der Waals surface area contributed by atoms with Crippen LogP contribution < -0.4 is 0 Å². The van der Waals surface area contributed by atoms with Crippen LogP contribution in [0.2, 0.25) is 5.02 Å². The van der Waals surface area contributed by atoms with E-state index in [1.807, 2.05) is 18.2 Å². The second-order valence-electron chi connectivity index (χ2n) is 5.76. The van der Waals surface area contributed by atoms with Crippen LogP contribution in [0.5, 0.6) is 0 Å². The normalized spacial score (nSPS) is 11.6. The van der Waals surface area contributed by atoms with Gasteiger partial charge in [0.2, 0.25) is 0 Å². The molecule has 0 saturated carbocycles. The lowest BCUT2D eigenvalue weighted by Crippen LogP contribution is -2.17. The lowest BCUT2D eigenvalue weighted by molar-refractivity contribution is 0.365.